The Morgan fingerprint density at radius 2 is 2.27 bits per heavy atom. The maximum absolute atomic E-state index is 12.1. The van der Waals surface area contributed by atoms with Gasteiger partial charge in [-0.25, -0.2) is 0 Å². The first kappa shape index (κ1) is 10.9. The molecule has 4 heteroatoms. The van der Waals surface area contributed by atoms with Gasteiger partial charge in [0.1, 0.15) is 0 Å². The van der Waals surface area contributed by atoms with Crippen LogP contribution in [0, 0.1) is 5.92 Å². The fraction of sp³-hybridized carbons (Fsp3) is 0.909. The van der Waals surface area contributed by atoms with Crippen LogP contribution in [0.25, 0.3) is 0 Å². The van der Waals surface area contributed by atoms with Crippen LogP contribution in [-0.4, -0.2) is 49.6 Å². The summed E-state index contributed by atoms with van der Waals surface area (Å²) in [5.74, 6) is 0.952. The minimum Gasteiger partial charge on any atom is -0.341 e. The summed E-state index contributed by atoms with van der Waals surface area (Å²) in [5.41, 5.74) is 0. The summed E-state index contributed by atoms with van der Waals surface area (Å²) >= 11 is 0. The molecule has 0 bridgehead atoms. The van der Waals surface area contributed by atoms with E-state index in [1.54, 1.807) is 0 Å². The maximum Gasteiger partial charge on any atom is 0.241 e. The molecule has 86 valence electrons. The van der Waals surface area contributed by atoms with Gasteiger partial charge in [0.15, 0.2) is 0 Å². The summed E-state index contributed by atoms with van der Waals surface area (Å²) in [6.07, 6.45) is 2.42. The number of likely N-dealkylation sites (tertiary alicyclic amines) is 1. The van der Waals surface area contributed by atoms with E-state index in [-0.39, 0.29) is 11.9 Å². The predicted molar refractivity (Wildman–Crippen MR) is 59.6 cm³/mol. The molecule has 2 aliphatic rings. The fourth-order valence-electron chi connectivity index (χ4n) is 2.44. The molecule has 0 spiro atoms. The minimum absolute atomic E-state index is 0.00375. The number of rotatable bonds is 1. The van der Waals surface area contributed by atoms with Crippen molar-refractivity contribution in [3.8, 4) is 0 Å². The van der Waals surface area contributed by atoms with Gasteiger partial charge in [-0.1, -0.05) is 6.92 Å². The number of nitrogens with one attached hydrogen (secondary N) is 2. The molecule has 1 amide bonds. The first-order chi connectivity index (χ1) is 7.27. The Kier molecular flexibility index (Phi) is 3.59. The van der Waals surface area contributed by atoms with Gasteiger partial charge >= 0.3 is 0 Å². The summed E-state index contributed by atoms with van der Waals surface area (Å²) in [7, 11) is 0. The average molecular weight is 211 g/mol. The van der Waals surface area contributed by atoms with Gasteiger partial charge in [0, 0.05) is 32.7 Å². The Morgan fingerprint density at radius 1 is 1.40 bits per heavy atom. The topological polar surface area (TPSA) is 44.4 Å². The third-order valence-corrected chi connectivity index (χ3v) is 3.31. The van der Waals surface area contributed by atoms with Crippen molar-refractivity contribution >= 4 is 5.91 Å². The third kappa shape index (κ3) is 2.69. The monoisotopic (exact) mass is 211 g/mol. The number of amides is 1. The Bertz CT molecular complexity index is 226. The predicted octanol–water partition coefficient (Wildman–Crippen LogP) is -0.194. The molecule has 2 heterocycles. The molecule has 0 aromatic carbocycles. The molecule has 0 saturated carbocycles. The normalized spacial score (nSPS) is 32.7. The number of nitrogens with zero attached hydrogens (tertiary/aromatic N) is 1. The van der Waals surface area contributed by atoms with E-state index in [1.165, 1.54) is 6.42 Å². The van der Waals surface area contributed by atoms with Crippen LogP contribution in [0.15, 0.2) is 0 Å². The zero-order valence-electron chi connectivity index (χ0n) is 9.46. The van der Waals surface area contributed by atoms with E-state index in [1.807, 2.05) is 4.90 Å². The lowest BCUT2D eigenvalue weighted by atomic mass is 9.99. The number of hydrogen-bond donors (Lipinski definition) is 2. The molecule has 0 radical (unpaired) electrons. The molecule has 2 fully saturated rings. The standard InChI is InChI=1S/C11H21N3O/c1-9-3-2-6-14(8-9)11(15)10-7-12-4-5-13-10/h9-10,12-13H,2-8H2,1H3. The highest BCUT2D eigenvalue weighted by Crippen LogP contribution is 2.16. The van der Waals surface area contributed by atoms with Crippen molar-refractivity contribution in [2.24, 2.45) is 5.92 Å². The Balaban J connectivity index is 1.88. The molecule has 4 nitrogen and oxygen atoms in total. The van der Waals surface area contributed by atoms with E-state index < -0.39 is 0 Å². The highest BCUT2D eigenvalue weighted by Gasteiger charge is 2.28. The Morgan fingerprint density at radius 3 is 2.93 bits per heavy atom. The van der Waals surface area contributed by atoms with Gasteiger partial charge in [0.25, 0.3) is 0 Å². The quantitative estimate of drug-likeness (QED) is 0.632. The summed E-state index contributed by atoms with van der Waals surface area (Å²) in [6, 6.07) is 0.00375. The molecule has 2 saturated heterocycles. The molecule has 2 unspecified atom stereocenters. The fourth-order valence-corrected chi connectivity index (χ4v) is 2.44. The molecule has 2 atom stereocenters. The SMILES string of the molecule is CC1CCCN(C(=O)C2CNCCN2)C1. The van der Waals surface area contributed by atoms with Gasteiger partial charge in [0.05, 0.1) is 6.04 Å². The molecule has 2 N–H and O–H groups in total. The zero-order valence-corrected chi connectivity index (χ0v) is 9.46. The molecule has 0 aromatic rings. The molecule has 15 heavy (non-hydrogen) atoms. The van der Waals surface area contributed by atoms with Crippen LogP contribution in [0.2, 0.25) is 0 Å². The number of hydrogen-bond acceptors (Lipinski definition) is 3. The first-order valence-corrected chi connectivity index (χ1v) is 6.00. The molecular formula is C11H21N3O. The van der Waals surface area contributed by atoms with Crippen LogP contribution in [0.5, 0.6) is 0 Å². The number of carbonyl (C=O) groups excluding carboxylic acids is 1. The van der Waals surface area contributed by atoms with Crippen LogP contribution in [0.3, 0.4) is 0 Å². The number of carbonyl (C=O) groups is 1. The second-order valence-electron chi connectivity index (χ2n) is 4.74. The van der Waals surface area contributed by atoms with Crippen LogP contribution < -0.4 is 10.6 Å². The third-order valence-electron chi connectivity index (χ3n) is 3.31. The van der Waals surface area contributed by atoms with Gasteiger partial charge in [-0.2, -0.15) is 0 Å². The van der Waals surface area contributed by atoms with Crippen molar-refractivity contribution in [2.75, 3.05) is 32.7 Å². The second-order valence-corrected chi connectivity index (χ2v) is 4.74. The average Bonchev–Trinajstić information content (AvgIpc) is 2.29. The van der Waals surface area contributed by atoms with E-state index in [2.05, 4.69) is 17.6 Å². The summed E-state index contributed by atoms with van der Waals surface area (Å²) < 4.78 is 0. The van der Waals surface area contributed by atoms with Gasteiger partial charge in [-0.15, -0.1) is 0 Å². The van der Waals surface area contributed by atoms with Gasteiger partial charge in [-0.3, -0.25) is 4.79 Å². The number of piperazine rings is 1. The van der Waals surface area contributed by atoms with Crippen molar-refractivity contribution in [3.05, 3.63) is 0 Å². The molecule has 2 rings (SSSR count). The summed E-state index contributed by atoms with van der Waals surface area (Å²) in [5, 5.41) is 6.53. The Labute approximate surface area is 91.4 Å². The van der Waals surface area contributed by atoms with Crippen LogP contribution in [-0.2, 0) is 4.79 Å². The molecule has 2 aliphatic heterocycles. The van der Waals surface area contributed by atoms with E-state index >= 15 is 0 Å². The highest BCUT2D eigenvalue weighted by molar-refractivity contribution is 5.82. The molecule has 0 aromatic heterocycles. The largest absolute Gasteiger partial charge is 0.341 e. The van der Waals surface area contributed by atoms with E-state index in [0.29, 0.717) is 5.92 Å². The lowest BCUT2D eigenvalue weighted by molar-refractivity contribution is -0.135. The summed E-state index contributed by atoms with van der Waals surface area (Å²) in [4.78, 5) is 14.1. The van der Waals surface area contributed by atoms with Crippen molar-refractivity contribution in [1.82, 2.24) is 15.5 Å². The van der Waals surface area contributed by atoms with Crippen LogP contribution >= 0.6 is 0 Å². The van der Waals surface area contributed by atoms with Crippen LogP contribution in [0.4, 0.5) is 0 Å². The van der Waals surface area contributed by atoms with Crippen molar-refractivity contribution in [3.63, 3.8) is 0 Å². The highest BCUT2D eigenvalue weighted by atomic mass is 16.2. The molecule has 0 aliphatic carbocycles. The Hall–Kier alpha value is -0.610. The van der Waals surface area contributed by atoms with Crippen molar-refractivity contribution in [1.29, 1.82) is 0 Å². The zero-order chi connectivity index (χ0) is 10.7. The second kappa shape index (κ2) is 4.94. The van der Waals surface area contributed by atoms with Gasteiger partial charge in [0.2, 0.25) is 5.91 Å². The smallest absolute Gasteiger partial charge is 0.241 e. The minimum atomic E-state index is 0.00375. The van der Waals surface area contributed by atoms with Crippen molar-refractivity contribution in [2.45, 2.75) is 25.8 Å². The van der Waals surface area contributed by atoms with E-state index in [4.69, 9.17) is 0 Å². The lowest BCUT2D eigenvalue weighted by Gasteiger charge is -2.35. The first-order valence-electron chi connectivity index (χ1n) is 6.00. The molecular weight excluding hydrogens is 190 g/mol. The lowest BCUT2D eigenvalue weighted by Crippen LogP contribution is -2.57. The van der Waals surface area contributed by atoms with Crippen molar-refractivity contribution < 1.29 is 4.79 Å². The maximum atomic E-state index is 12.1. The van der Waals surface area contributed by atoms with E-state index in [9.17, 15) is 4.79 Å². The summed E-state index contributed by atoms with van der Waals surface area (Å²) in [6.45, 7) is 6.77. The number of piperidine rings is 1. The van der Waals surface area contributed by atoms with Crippen LogP contribution in [0.1, 0.15) is 19.8 Å². The van der Waals surface area contributed by atoms with Gasteiger partial charge in [-0.05, 0) is 18.8 Å². The van der Waals surface area contributed by atoms with Gasteiger partial charge < -0.3 is 15.5 Å². The van der Waals surface area contributed by atoms with E-state index in [0.717, 1.165) is 39.1 Å².